The van der Waals surface area contributed by atoms with Crippen molar-refractivity contribution in [2.24, 2.45) is 4.99 Å². The molecule has 0 unspecified atom stereocenters. The Morgan fingerprint density at radius 3 is 2.69 bits per heavy atom. The fraction of sp³-hybridized carbons (Fsp3) is 0.316. The van der Waals surface area contributed by atoms with Crippen LogP contribution in [0.15, 0.2) is 34.2 Å². The van der Waals surface area contributed by atoms with Gasteiger partial charge in [0.2, 0.25) is 0 Å². The predicted molar refractivity (Wildman–Crippen MR) is 117 cm³/mol. The number of amidine groups is 1. The molecule has 0 bridgehead atoms. The summed E-state index contributed by atoms with van der Waals surface area (Å²) in [6.45, 7) is 3.80. The molecule has 1 atom stereocenters. The lowest BCUT2D eigenvalue weighted by molar-refractivity contribution is 0.265. The van der Waals surface area contributed by atoms with Crippen LogP contribution in [0.25, 0.3) is 6.08 Å². The average Bonchev–Trinajstić information content (AvgIpc) is 3.28. The van der Waals surface area contributed by atoms with Crippen LogP contribution in [-0.4, -0.2) is 40.8 Å². The van der Waals surface area contributed by atoms with Gasteiger partial charge in [0.25, 0.3) is 5.24 Å². The average molecular weight is 451 g/mol. The number of thioether (sulfide) groups is 1. The second-order valence-electron chi connectivity index (χ2n) is 7.05. The van der Waals surface area contributed by atoms with Gasteiger partial charge in [-0.15, -0.1) is 0 Å². The minimum atomic E-state index is -3.00. The summed E-state index contributed by atoms with van der Waals surface area (Å²) in [7, 11) is -3.00. The molecule has 10 heteroatoms. The first-order valence-electron chi connectivity index (χ1n) is 9.03. The van der Waals surface area contributed by atoms with E-state index >= 15 is 0 Å². The van der Waals surface area contributed by atoms with Crippen LogP contribution in [0.4, 0.5) is 10.5 Å². The van der Waals surface area contributed by atoms with E-state index in [0.29, 0.717) is 27.9 Å². The van der Waals surface area contributed by atoms with E-state index in [-0.39, 0.29) is 22.8 Å². The van der Waals surface area contributed by atoms with Gasteiger partial charge in [-0.3, -0.25) is 9.48 Å². The van der Waals surface area contributed by atoms with E-state index in [1.54, 1.807) is 28.9 Å². The van der Waals surface area contributed by atoms with Gasteiger partial charge in [0.05, 0.1) is 33.8 Å². The van der Waals surface area contributed by atoms with Crippen molar-refractivity contribution in [2.45, 2.75) is 26.3 Å². The van der Waals surface area contributed by atoms with Gasteiger partial charge in [-0.1, -0.05) is 11.6 Å². The highest BCUT2D eigenvalue weighted by Gasteiger charge is 2.32. The highest BCUT2D eigenvalue weighted by molar-refractivity contribution is 8.18. The Morgan fingerprint density at radius 2 is 2.03 bits per heavy atom. The summed E-state index contributed by atoms with van der Waals surface area (Å²) in [5.41, 5.74) is 3.21. The topological polar surface area (TPSA) is 93.4 Å². The summed E-state index contributed by atoms with van der Waals surface area (Å²) >= 11 is 6.99. The first-order chi connectivity index (χ1) is 13.7. The monoisotopic (exact) mass is 450 g/mol. The van der Waals surface area contributed by atoms with Gasteiger partial charge >= 0.3 is 0 Å². The summed E-state index contributed by atoms with van der Waals surface area (Å²) < 4.78 is 25.5. The van der Waals surface area contributed by atoms with Crippen LogP contribution in [0.3, 0.4) is 0 Å². The molecule has 2 fully saturated rings. The molecule has 7 nitrogen and oxygen atoms in total. The number of halogens is 1. The van der Waals surface area contributed by atoms with E-state index in [1.807, 2.05) is 19.9 Å². The van der Waals surface area contributed by atoms with Gasteiger partial charge in [-0.2, -0.15) is 5.10 Å². The zero-order chi connectivity index (χ0) is 20.8. The standard InChI is InChI=1S/C19H19ClN4O3S2/c1-11-16(12(2)24(23-11)15-7-8-29(26,27)10-15)9-17-18(22-19(25)28-17)21-14-5-3-13(20)4-6-14/h3-6,9,15H,7-8,10H2,1-2H3,(H,21,22,25)/b17-9-/t15-/m1/s1. The molecule has 0 aliphatic carbocycles. The third-order valence-corrected chi connectivity index (χ3v) is 7.76. The number of aromatic nitrogens is 2. The van der Waals surface area contributed by atoms with E-state index in [1.165, 1.54) is 0 Å². The molecule has 1 aromatic carbocycles. The van der Waals surface area contributed by atoms with Gasteiger partial charge in [-0.05, 0) is 62.4 Å². The number of carbonyl (C=O) groups is 1. The number of nitrogens with zero attached hydrogens (tertiary/aromatic N) is 3. The molecule has 29 heavy (non-hydrogen) atoms. The Labute approximate surface area is 178 Å². The Balaban J connectivity index is 1.69. The van der Waals surface area contributed by atoms with Crippen LogP contribution in [-0.2, 0) is 9.84 Å². The lowest BCUT2D eigenvalue weighted by Gasteiger charge is -2.11. The van der Waals surface area contributed by atoms with Gasteiger partial charge in [0.15, 0.2) is 9.84 Å². The highest BCUT2D eigenvalue weighted by atomic mass is 35.5. The van der Waals surface area contributed by atoms with Crippen molar-refractivity contribution >= 4 is 56.0 Å². The van der Waals surface area contributed by atoms with Crippen LogP contribution in [0.2, 0.25) is 5.02 Å². The lowest BCUT2D eigenvalue weighted by atomic mass is 10.1. The number of rotatable bonds is 3. The molecule has 0 radical (unpaired) electrons. The first-order valence-corrected chi connectivity index (χ1v) is 12.0. The molecule has 2 aromatic rings. The summed E-state index contributed by atoms with van der Waals surface area (Å²) in [4.78, 5) is 17.2. The molecule has 1 aromatic heterocycles. The Hall–Kier alpha value is -2.10. The van der Waals surface area contributed by atoms with Crippen LogP contribution < -0.4 is 5.32 Å². The molecular formula is C19H19ClN4O3S2. The number of benzene rings is 1. The molecule has 1 amide bonds. The molecular weight excluding hydrogens is 432 g/mol. The summed E-state index contributed by atoms with van der Waals surface area (Å²) in [6, 6.07) is 6.88. The van der Waals surface area contributed by atoms with Crippen LogP contribution in [0, 0.1) is 13.8 Å². The number of nitrogens with one attached hydrogen (secondary N) is 1. The quantitative estimate of drug-likeness (QED) is 0.761. The van der Waals surface area contributed by atoms with Crippen molar-refractivity contribution in [1.29, 1.82) is 0 Å². The normalized spacial score (nSPS) is 23.8. The highest BCUT2D eigenvalue weighted by Crippen LogP contribution is 2.32. The van der Waals surface area contributed by atoms with Crippen LogP contribution in [0.1, 0.15) is 29.4 Å². The second-order valence-corrected chi connectivity index (χ2v) is 10.7. The van der Waals surface area contributed by atoms with E-state index < -0.39 is 9.84 Å². The minimum Gasteiger partial charge on any atom is -0.300 e. The fourth-order valence-corrected chi connectivity index (χ4v) is 6.03. The fourth-order valence-electron chi connectivity index (χ4n) is 3.50. The van der Waals surface area contributed by atoms with Crippen molar-refractivity contribution in [3.05, 3.63) is 51.1 Å². The van der Waals surface area contributed by atoms with Gasteiger partial charge < -0.3 is 5.32 Å². The van der Waals surface area contributed by atoms with Crippen LogP contribution in [0.5, 0.6) is 0 Å². The summed E-state index contributed by atoms with van der Waals surface area (Å²) in [6.07, 6.45) is 2.45. The smallest absolute Gasteiger partial charge is 0.289 e. The number of carbonyl (C=O) groups excluding carboxylic acids is 1. The maximum absolute atomic E-state index is 12.0. The Bertz CT molecular complexity index is 1150. The molecule has 1 N–H and O–H groups in total. The third kappa shape index (κ3) is 4.26. The molecule has 2 aliphatic rings. The van der Waals surface area contributed by atoms with E-state index in [4.69, 9.17) is 11.6 Å². The molecule has 2 saturated heterocycles. The molecule has 0 spiro atoms. The summed E-state index contributed by atoms with van der Waals surface area (Å²) in [5, 5.41) is 7.75. The number of hydrogen-bond donors (Lipinski definition) is 1. The Kier molecular flexibility index (Phi) is 5.30. The molecule has 0 saturated carbocycles. The number of amides is 1. The molecule has 152 valence electrons. The number of hydrogen-bond acceptors (Lipinski definition) is 6. The van der Waals surface area contributed by atoms with Crippen molar-refractivity contribution in [2.75, 3.05) is 11.5 Å². The third-order valence-electron chi connectivity index (χ3n) is 4.93. The lowest BCUT2D eigenvalue weighted by Crippen LogP contribution is -2.18. The van der Waals surface area contributed by atoms with E-state index in [2.05, 4.69) is 15.4 Å². The Morgan fingerprint density at radius 1 is 1.31 bits per heavy atom. The van der Waals surface area contributed by atoms with Crippen molar-refractivity contribution in [1.82, 2.24) is 15.1 Å². The summed E-state index contributed by atoms with van der Waals surface area (Å²) in [5.74, 6) is 0.777. The first kappa shape index (κ1) is 20.2. The largest absolute Gasteiger partial charge is 0.300 e. The number of aliphatic imine (C=N–C) groups is 1. The van der Waals surface area contributed by atoms with Crippen molar-refractivity contribution in [3.8, 4) is 0 Å². The van der Waals surface area contributed by atoms with Gasteiger partial charge in [0, 0.05) is 16.3 Å². The molecule has 2 aliphatic heterocycles. The van der Waals surface area contributed by atoms with E-state index in [9.17, 15) is 13.2 Å². The van der Waals surface area contributed by atoms with Gasteiger partial charge in [-0.25, -0.2) is 13.4 Å². The predicted octanol–water partition coefficient (Wildman–Crippen LogP) is 4.04. The van der Waals surface area contributed by atoms with Crippen LogP contribution >= 0.6 is 23.4 Å². The number of sulfone groups is 1. The maximum Gasteiger partial charge on any atom is 0.289 e. The number of aryl methyl sites for hydroxylation is 1. The second kappa shape index (κ2) is 7.62. The zero-order valence-corrected chi connectivity index (χ0v) is 18.2. The molecule has 4 rings (SSSR count). The minimum absolute atomic E-state index is 0.114. The SMILES string of the molecule is Cc1nn([C@@H]2CCS(=O)(=O)C2)c(C)c1/C=C1\SC(=O)NC1=Nc1ccc(Cl)cc1. The van der Waals surface area contributed by atoms with Gasteiger partial charge in [0.1, 0.15) is 5.84 Å². The molecule has 3 heterocycles. The van der Waals surface area contributed by atoms with Crippen molar-refractivity contribution in [3.63, 3.8) is 0 Å². The van der Waals surface area contributed by atoms with Crippen molar-refractivity contribution < 1.29 is 13.2 Å². The van der Waals surface area contributed by atoms with E-state index in [0.717, 1.165) is 28.7 Å². The maximum atomic E-state index is 12.0. The zero-order valence-electron chi connectivity index (χ0n) is 15.8.